The van der Waals surface area contributed by atoms with E-state index in [1.54, 1.807) is 12.1 Å². The lowest BCUT2D eigenvalue weighted by molar-refractivity contribution is -0.148. The molecule has 5 atom stereocenters. The lowest BCUT2D eigenvalue weighted by atomic mass is 9.82. The number of amides is 1. The molecule has 1 heterocycles. The summed E-state index contributed by atoms with van der Waals surface area (Å²) in [5.74, 6) is -2.64. The number of nitrogens with one attached hydrogen (secondary N) is 1. The molecule has 5 nitrogen and oxygen atoms in total. The third kappa shape index (κ3) is 2.96. The number of fused-ring (bicyclic) bond motifs is 2. The van der Waals surface area contributed by atoms with Crippen LogP contribution in [-0.4, -0.2) is 36.1 Å². The molecular formula is C19H20ClFN2O3. The van der Waals surface area contributed by atoms with Crippen molar-refractivity contribution in [2.45, 2.75) is 18.9 Å². The summed E-state index contributed by atoms with van der Waals surface area (Å²) in [5.41, 5.74) is 0.819. The number of rotatable bonds is 4. The van der Waals surface area contributed by atoms with Gasteiger partial charge in [-0.05, 0) is 42.9 Å². The summed E-state index contributed by atoms with van der Waals surface area (Å²) < 4.78 is 13.3. The van der Waals surface area contributed by atoms with E-state index in [4.69, 9.17) is 11.6 Å². The first-order valence-corrected chi connectivity index (χ1v) is 9.23. The van der Waals surface area contributed by atoms with Crippen molar-refractivity contribution in [3.05, 3.63) is 41.2 Å². The third-order valence-electron chi connectivity index (χ3n) is 5.85. The highest BCUT2D eigenvalue weighted by Crippen LogP contribution is 2.48. The van der Waals surface area contributed by atoms with Crippen LogP contribution in [-0.2, 0) is 9.59 Å². The Kier molecular flexibility index (Phi) is 4.39. The molecule has 0 aromatic heterocycles. The Labute approximate surface area is 155 Å². The van der Waals surface area contributed by atoms with E-state index in [0.717, 1.165) is 25.1 Å². The summed E-state index contributed by atoms with van der Waals surface area (Å²) in [6.45, 7) is 1.33. The normalized spacial score (nSPS) is 32.2. The highest BCUT2D eigenvalue weighted by atomic mass is 35.5. The molecule has 7 heteroatoms. The summed E-state index contributed by atoms with van der Waals surface area (Å²) in [4.78, 5) is 26.4. The van der Waals surface area contributed by atoms with E-state index in [1.165, 1.54) is 6.07 Å². The fraction of sp³-hybridized carbons (Fsp3) is 0.474. The predicted molar refractivity (Wildman–Crippen MR) is 95.5 cm³/mol. The average Bonchev–Trinajstić information content (AvgIpc) is 3.32. The first-order valence-electron chi connectivity index (χ1n) is 8.85. The number of halogens is 2. The molecule has 138 valence electrons. The summed E-state index contributed by atoms with van der Waals surface area (Å²) >= 11 is 5.85. The standard InChI is InChI=1S/C19H20ClFN2O3/c20-14-8-13(3-4-15(14)21)23-6-5-12(9-23)22-18(24)16-10-1-2-11(7-10)17(16)19(25)26/h1-4,8,10-12,16-17H,5-7,9H2,(H,22,24)(H,25,26). The number of aliphatic carboxylic acids is 1. The van der Waals surface area contributed by atoms with E-state index in [-0.39, 0.29) is 28.8 Å². The van der Waals surface area contributed by atoms with Crippen LogP contribution in [0.4, 0.5) is 10.1 Å². The van der Waals surface area contributed by atoms with Crippen LogP contribution in [0.1, 0.15) is 12.8 Å². The van der Waals surface area contributed by atoms with Crippen molar-refractivity contribution in [1.82, 2.24) is 5.32 Å². The molecule has 3 aliphatic rings. The minimum absolute atomic E-state index is 0.0227. The largest absolute Gasteiger partial charge is 0.481 e. The molecule has 2 bridgehead atoms. The zero-order valence-corrected chi connectivity index (χ0v) is 14.8. The number of carboxylic acid groups (broad SMARTS) is 1. The van der Waals surface area contributed by atoms with Crippen molar-refractivity contribution in [2.24, 2.45) is 23.7 Å². The predicted octanol–water partition coefficient (Wildman–Crippen LogP) is 2.70. The van der Waals surface area contributed by atoms with Crippen LogP contribution >= 0.6 is 11.6 Å². The van der Waals surface area contributed by atoms with E-state index in [2.05, 4.69) is 5.32 Å². The summed E-state index contributed by atoms with van der Waals surface area (Å²) in [6, 6.07) is 4.54. The molecule has 0 spiro atoms. The van der Waals surface area contributed by atoms with E-state index in [9.17, 15) is 19.1 Å². The van der Waals surface area contributed by atoms with E-state index in [0.29, 0.717) is 6.54 Å². The second-order valence-electron chi connectivity index (χ2n) is 7.38. The Balaban J connectivity index is 1.41. The molecule has 2 N–H and O–H groups in total. The molecule has 1 saturated heterocycles. The molecule has 2 aliphatic carbocycles. The molecule has 1 amide bonds. The van der Waals surface area contributed by atoms with Crippen LogP contribution in [0.3, 0.4) is 0 Å². The maximum absolute atomic E-state index is 13.3. The second-order valence-corrected chi connectivity index (χ2v) is 7.78. The second kappa shape index (κ2) is 6.58. The van der Waals surface area contributed by atoms with Gasteiger partial charge in [0, 0.05) is 24.8 Å². The lowest BCUT2D eigenvalue weighted by Gasteiger charge is -2.26. The maximum atomic E-state index is 13.3. The number of anilines is 1. The molecule has 26 heavy (non-hydrogen) atoms. The van der Waals surface area contributed by atoms with Gasteiger partial charge in [-0.25, -0.2) is 4.39 Å². The van der Waals surface area contributed by atoms with E-state index in [1.807, 2.05) is 17.1 Å². The summed E-state index contributed by atoms with van der Waals surface area (Å²) in [6.07, 6.45) is 5.42. The Morgan fingerprint density at radius 3 is 2.65 bits per heavy atom. The number of benzene rings is 1. The molecule has 1 saturated carbocycles. The Bertz CT molecular complexity index is 784. The number of allylic oxidation sites excluding steroid dienone is 2. The van der Waals surface area contributed by atoms with Gasteiger partial charge in [0.2, 0.25) is 5.91 Å². The average molecular weight is 379 g/mol. The number of hydrogen-bond acceptors (Lipinski definition) is 3. The van der Waals surface area contributed by atoms with Crippen LogP contribution in [0, 0.1) is 29.5 Å². The smallest absolute Gasteiger partial charge is 0.307 e. The number of nitrogens with zero attached hydrogens (tertiary/aromatic N) is 1. The highest BCUT2D eigenvalue weighted by Gasteiger charge is 2.51. The van der Waals surface area contributed by atoms with E-state index < -0.39 is 23.6 Å². The maximum Gasteiger partial charge on any atom is 0.307 e. The van der Waals surface area contributed by atoms with Crippen molar-refractivity contribution in [3.8, 4) is 0 Å². The Hall–Kier alpha value is -2.08. The molecular weight excluding hydrogens is 359 g/mol. The van der Waals surface area contributed by atoms with Crippen molar-refractivity contribution < 1.29 is 19.1 Å². The van der Waals surface area contributed by atoms with Crippen molar-refractivity contribution in [2.75, 3.05) is 18.0 Å². The minimum Gasteiger partial charge on any atom is -0.481 e. The Morgan fingerprint density at radius 2 is 1.96 bits per heavy atom. The molecule has 4 rings (SSSR count). The number of carbonyl (C=O) groups excluding carboxylic acids is 1. The lowest BCUT2D eigenvalue weighted by Crippen LogP contribution is -2.45. The van der Waals surface area contributed by atoms with Crippen LogP contribution in [0.15, 0.2) is 30.4 Å². The number of carbonyl (C=O) groups is 2. The molecule has 0 radical (unpaired) electrons. The van der Waals surface area contributed by atoms with E-state index >= 15 is 0 Å². The number of hydrogen-bond donors (Lipinski definition) is 2. The third-order valence-corrected chi connectivity index (χ3v) is 6.14. The van der Waals surface area contributed by atoms with Gasteiger partial charge >= 0.3 is 5.97 Å². The number of carboxylic acids is 1. The fourth-order valence-corrected chi connectivity index (χ4v) is 4.78. The van der Waals surface area contributed by atoms with Crippen LogP contribution < -0.4 is 10.2 Å². The van der Waals surface area contributed by atoms with Crippen molar-refractivity contribution in [1.29, 1.82) is 0 Å². The van der Waals surface area contributed by atoms with Crippen molar-refractivity contribution in [3.63, 3.8) is 0 Å². The molecule has 1 aromatic carbocycles. The van der Waals surface area contributed by atoms with Crippen LogP contribution in [0.5, 0.6) is 0 Å². The molecule has 5 unspecified atom stereocenters. The zero-order chi connectivity index (χ0) is 18.4. The quantitative estimate of drug-likeness (QED) is 0.790. The van der Waals surface area contributed by atoms with Gasteiger partial charge in [0.1, 0.15) is 5.82 Å². The van der Waals surface area contributed by atoms with Crippen LogP contribution in [0.2, 0.25) is 5.02 Å². The van der Waals surface area contributed by atoms with Crippen LogP contribution in [0.25, 0.3) is 0 Å². The molecule has 2 fully saturated rings. The fourth-order valence-electron chi connectivity index (χ4n) is 4.61. The SMILES string of the molecule is O=C(O)C1C2C=CC(C2)C1C(=O)NC1CCN(c2ccc(F)c(Cl)c2)C1. The van der Waals surface area contributed by atoms with Gasteiger partial charge in [-0.1, -0.05) is 23.8 Å². The first-order chi connectivity index (χ1) is 12.4. The van der Waals surface area contributed by atoms with Gasteiger partial charge in [0.15, 0.2) is 0 Å². The van der Waals surface area contributed by atoms with Gasteiger partial charge < -0.3 is 15.3 Å². The summed E-state index contributed by atoms with van der Waals surface area (Å²) in [7, 11) is 0. The topological polar surface area (TPSA) is 69.6 Å². The first kappa shape index (κ1) is 17.3. The van der Waals surface area contributed by atoms with Gasteiger partial charge in [-0.2, -0.15) is 0 Å². The van der Waals surface area contributed by atoms with Gasteiger partial charge in [-0.15, -0.1) is 0 Å². The van der Waals surface area contributed by atoms with Crippen molar-refractivity contribution >= 4 is 29.2 Å². The minimum atomic E-state index is -0.893. The highest BCUT2D eigenvalue weighted by molar-refractivity contribution is 6.31. The molecule has 1 aliphatic heterocycles. The molecule has 1 aromatic rings. The monoisotopic (exact) mass is 378 g/mol. The zero-order valence-electron chi connectivity index (χ0n) is 14.1. The Morgan fingerprint density at radius 1 is 1.23 bits per heavy atom. The van der Waals surface area contributed by atoms with Gasteiger partial charge in [-0.3, -0.25) is 9.59 Å². The van der Waals surface area contributed by atoms with Gasteiger partial charge in [0.05, 0.1) is 16.9 Å². The van der Waals surface area contributed by atoms with Gasteiger partial charge in [0.25, 0.3) is 0 Å². The summed E-state index contributed by atoms with van der Waals surface area (Å²) in [5, 5.41) is 12.6.